The normalized spacial score (nSPS) is 7.36. The molecule has 0 bridgehead atoms. The molecule has 2 aromatic rings. The van der Waals surface area contributed by atoms with Crippen molar-refractivity contribution in [3.63, 3.8) is 0 Å². The fraction of sp³-hybridized carbons (Fsp3) is 0.0417. The van der Waals surface area contributed by atoms with Gasteiger partial charge in [-0.15, -0.1) is 0 Å². The molecule has 0 atom stereocenters. The number of benzene rings is 2. The van der Waals surface area contributed by atoms with Crippen molar-refractivity contribution in [3.05, 3.63) is 122 Å². The van der Waals surface area contributed by atoms with E-state index in [0.717, 1.165) is 0 Å². The first-order valence-electron chi connectivity index (χ1n) is 7.69. The Morgan fingerprint density at radius 3 is 1.16 bits per heavy atom. The zero-order valence-corrected chi connectivity index (χ0v) is 15.1. The van der Waals surface area contributed by atoms with E-state index in [-0.39, 0.29) is 0 Å². The molecule has 0 amide bonds. The monoisotopic (exact) mass is 329 g/mol. The van der Waals surface area contributed by atoms with Gasteiger partial charge in [-0.3, -0.25) is 0 Å². The molecule has 0 spiro atoms. The minimum atomic E-state index is 0.560. The third-order valence-corrected chi connectivity index (χ3v) is 2.43. The van der Waals surface area contributed by atoms with Crippen molar-refractivity contribution in [1.82, 2.24) is 0 Å². The van der Waals surface area contributed by atoms with E-state index < -0.39 is 0 Å². The summed E-state index contributed by atoms with van der Waals surface area (Å²) in [6.45, 7) is 19.0. The minimum absolute atomic E-state index is 0.560. The quantitative estimate of drug-likeness (QED) is 0.435. The molecule has 1 nitrogen and oxygen atoms in total. The van der Waals surface area contributed by atoms with Crippen molar-refractivity contribution in [3.8, 4) is 6.07 Å². The largest absolute Gasteiger partial charge is 0.193 e. The number of hydrogen-bond donors (Lipinski definition) is 0. The highest BCUT2D eigenvalue weighted by Gasteiger charge is 1.76. The summed E-state index contributed by atoms with van der Waals surface area (Å²) in [5.41, 5.74) is 2.91. The third kappa shape index (κ3) is 18.6. The molecule has 0 saturated carbocycles. The molecule has 0 aliphatic heterocycles. The third-order valence-electron chi connectivity index (χ3n) is 2.43. The number of rotatable bonds is 3. The van der Waals surface area contributed by atoms with Crippen molar-refractivity contribution in [2.24, 2.45) is 0 Å². The lowest BCUT2D eigenvalue weighted by atomic mass is 10.2. The molecular formula is C24H27N. The highest BCUT2D eigenvalue weighted by molar-refractivity contribution is 5.46. The van der Waals surface area contributed by atoms with Crippen LogP contribution in [0.2, 0.25) is 0 Å². The molecule has 25 heavy (non-hydrogen) atoms. The van der Waals surface area contributed by atoms with E-state index in [9.17, 15) is 0 Å². The second-order valence-corrected chi connectivity index (χ2v) is 4.59. The second-order valence-electron chi connectivity index (χ2n) is 4.59. The van der Waals surface area contributed by atoms with E-state index >= 15 is 0 Å². The Hall–Kier alpha value is -3.37. The van der Waals surface area contributed by atoms with E-state index in [1.165, 1.54) is 11.1 Å². The number of hydrogen-bond acceptors (Lipinski definition) is 1. The van der Waals surface area contributed by atoms with Gasteiger partial charge in [-0.2, -0.15) is 5.26 Å². The first kappa shape index (κ1) is 23.9. The summed E-state index contributed by atoms with van der Waals surface area (Å²) in [4.78, 5) is 0. The van der Waals surface area contributed by atoms with Crippen LogP contribution < -0.4 is 0 Å². The molecule has 0 aliphatic rings. The van der Waals surface area contributed by atoms with Crippen LogP contribution in [0.25, 0.3) is 12.2 Å². The average Bonchev–Trinajstić information content (AvgIpc) is 2.70. The summed E-state index contributed by atoms with van der Waals surface area (Å²) in [5, 5.41) is 7.79. The van der Waals surface area contributed by atoms with Gasteiger partial charge in [-0.05, 0) is 18.1 Å². The van der Waals surface area contributed by atoms with Gasteiger partial charge in [0.2, 0.25) is 0 Å². The van der Waals surface area contributed by atoms with Gasteiger partial charge >= 0.3 is 0 Å². The number of nitriles is 1. The first-order chi connectivity index (χ1) is 12.0. The molecule has 2 rings (SSSR count). The summed E-state index contributed by atoms with van der Waals surface area (Å²) in [7, 11) is 0. The van der Waals surface area contributed by atoms with Crippen LogP contribution in [0.1, 0.15) is 18.1 Å². The summed E-state index contributed by atoms with van der Waals surface area (Å²) in [5.74, 6) is 0. The molecule has 0 aromatic heterocycles. The molecule has 0 saturated heterocycles. The van der Waals surface area contributed by atoms with Crippen LogP contribution in [-0.4, -0.2) is 0 Å². The molecule has 0 heterocycles. The Bertz CT molecular complexity index is 609. The van der Waals surface area contributed by atoms with Gasteiger partial charge in [-0.25, -0.2) is 0 Å². The molecule has 0 unspecified atom stereocenters. The Kier molecular flexibility index (Phi) is 17.8. The summed E-state index contributed by atoms with van der Waals surface area (Å²) < 4.78 is 0. The molecule has 0 fully saturated rings. The van der Waals surface area contributed by atoms with Gasteiger partial charge in [0.1, 0.15) is 0 Å². The second kappa shape index (κ2) is 18.7. The lowest BCUT2D eigenvalue weighted by Gasteiger charge is -1.85. The number of nitrogens with zero attached hydrogens (tertiary/aromatic N) is 1. The predicted molar refractivity (Wildman–Crippen MR) is 114 cm³/mol. The highest BCUT2D eigenvalue weighted by atomic mass is 14.2. The maximum atomic E-state index is 7.79. The van der Waals surface area contributed by atoms with Gasteiger partial charge in [0.25, 0.3) is 0 Å². The molecule has 0 aliphatic carbocycles. The van der Waals surface area contributed by atoms with Crippen molar-refractivity contribution in [2.45, 2.75) is 6.92 Å². The first-order valence-corrected chi connectivity index (χ1v) is 7.69. The van der Waals surface area contributed by atoms with E-state index in [1.54, 1.807) is 19.1 Å². The maximum absolute atomic E-state index is 7.79. The molecule has 2 aromatic carbocycles. The van der Waals surface area contributed by atoms with Crippen LogP contribution in [0.3, 0.4) is 0 Å². The van der Waals surface area contributed by atoms with Crippen LogP contribution in [-0.2, 0) is 0 Å². The Morgan fingerprint density at radius 1 is 0.760 bits per heavy atom. The molecular weight excluding hydrogens is 302 g/mol. The predicted octanol–water partition coefficient (Wildman–Crippen LogP) is 7.10. The van der Waals surface area contributed by atoms with Crippen LogP contribution in [0.5, 0.6) is 0 Å². The fourth-order valence-corrected chi connectivity index (χ4v) is 1.18. The van der Waals surface area contributed by atoms with E-state index in [2.05, 4.69) is 32.9 Å². The van der Waals surface area contributed by atoms with Gasteiger partial charge in [0, 0.05) is 5.57 Å². The zero-order valence-electron chi connectivity index (χ0n) is 15.1. The van der Waals surface area contributed by atoms with Crippen LogP contribution >= 0.6 is 0 Å². The van der Waals surface area contributed by atoms with Gasteiger partial charge in [-0.1, -0.05) is 118 Å². The SMILES string of the molecule is C=C(C)C#N.C=CC=C.C=Cc1ccccc1.C=Cc1ccccc1. The Morgan fingerprint density at radius 2 is 1.04 bits per heavy atom. The summed E-state index contributed by atoms with van der Waals surface area (Å²) >= 11 is 0. The van der Waals surface area contributed by atoms with Crippen molar-refractivity contribution >= 4 is 12.2 Å². The highest BCUT2D eigenvalue weighted by Crippen LogP contribution is 1.98. The molecule has 0 radical (unpaired) electrons. The Balaban J connectivity index is 0. The maximum Gasteiger partial charge on any atom is 0.0937 e. The van der Waals surface area contributed by atoms with Gasteiger partial charge in [0.05, 0.1) is 6.07 Å². The minimum Gasteiger partial charge on any atom is -0.193 e. The van der Waals surface area contributed by atoms with Crippen LogP contribution in [0.15, 0.2) is 111 Å². The van der Waals surface area contributed by atoms with E-state index in [0.29, 0.717) is 5.57 Å². The van der Waals surface area contributed by atoms with Crippen molar-refractivity contribution in [1.29, 1.82) is 5.26 Å². The van der Waals surface area contributed by atoms with E-state index in [1.807, 2.05) is 78.9 Å². The zero-order chi connectivity index (χ0) is 19.3. The lowest BCUT2D eigenvalue weighted by molar-refractivity contribution is 1.46. The van der Waals surface area contributed by atoms with Crippen LogP contribution in [0, 0.1) is 11.3 Å². The van der Waals surface area contributed by atoms with E-state index in [4.69, 9.17) is 5.26 Å². The standard InChI is InChI=1S/2C8H8.C4H5N.C4H6/c2*1-2-8-6-4-3-5-7-8;1-4(2)3-5;1-3-4-2/h2*2-7H,1H2;1H2,2H3;3-4H,1-2H2. The smallest absolute Gasteiger partial charge is 0.0937 e. The molecule has 1 heteroatoms. The van der Waals surface area contributed by atoms with Crippen molar-refractivity contribution in [2.75, 3.05) is 0 Å². The average molecular weight is 329 g/mol. The van der Waals surface area contributed by atoms with Crippen molar-refractivity contribution < 1.29 is 0 Å². The van der Waals surface area contributed by atoms with Gasteiger partial charge < -0.3 is 0 Å². The van der Waals surface area contributed by atoms with Crippen LogP contribution in [0.4, 0.5) is 0 Å². The summed E-state index contributed by atoms with van der Waals surface area (Å²) in [6.07, 6.45) is 6.94. The van der Waals surface area contributed by atoms with Gasteiger partial charge in [0.15, 0.2) is 0 Å². The fourth-order valence-electron chi connectivity index (χ4n) is 1.18. The summed E-state index contributed by atoms with van der Waals surface area (Å²) in [6, 6.07) is 21.9. The lowest BCUT2D eigenvalue weighted by Crippen LogP contribution is -1.63. The number of allylic oxidation sites excluding steroid dienone is 3. The molecule has 0 N–H and O–H groups in total. The topological polar surface area (TPSA) is 23.8 Å². The Labute approximate surface area is 153 Å². The molecule has 128 valence electrons.